The van der Waals surface area contributed by atoms with Gasteiger partial charge in [-0.15, -0.1) is 0 Å². The molecule has 0 saturated heterocycles. The molecular weight excluding hydrogens is 342 g/mol. The molecule has 0 saturated carbocycles. The highest BCUT2D eigenvalue weighted by Crippen LogP contribution is 2.36. The molecule has 0 aliphatic carbocycles. The van der Waals surface area contributed by atoms with E-state index in [9.17, 15) is 0 Å². The summed E-state index contributed by atoms with van der Waals surface area (Å²) in [5.74, 6) is 1.64. The summed E-state index contributed by atoms with van der Waals surface area (Å²) in [6, 6.07) is 3.95. The predicted octanol–water partition coefficient (Wildman–Crippen LogP) is 5.31. The van der Waals surface area contributed by atoms with Crippen molar-refractivity contribution in [2.45, 2.75) is 58.9 Å². The van der Waals surface area contributed by atoms with Crippen molar-refractivity contribution in [3.8, 4) is 11.5 Å². The third-order valence-electron chi connectivity index (χ3n) is 3.68. The first-order valence-corrected chi connectivity index (χ1v) is 9.22. The quantitative estimate of drug-likeness (QED) is 0.505. The van der Waals surface area contributed by atoms with Gasteiger partial charge in [-0.3, -0.25) is 0 Å². The maximum absolute atomic E-state index is 5.77. The van der Waals surface area contributed by atoms with Gasteiger partial charge in [-0.25, -0.2) is 0 Å². The number of ether oxygens (including phenoxy) is 2. The van der Waals surface area contributed by atoms with Gasteiger partial charge in [0.1, 0.15) is 0 Å². The number of hydrogen-bond donors (Lipinski definition) is 1. The lowest BCUT2D eigenvalue weighted by atomic mass is 10.1. The molecule has 0 radical (unpaired) electrons. The summed E-state index contributed by atoms with van der Waals surface area (Å²) in [5, 5.41) is 3.52. The number of halogens is 1. The maximum Gasteiger partial charge on any atom is 0.166 e. The zero-order valence-corrected chi connectivity index (χ0v) is 15.8. The van der Waals surface area contributed by atoms with E-state index in [0.29, 0.717) is 6.61 Å². The van der Waals surface area contributed by atoms with Crippen LogP contribution in [0.25, 0.3) is 0 Å². The Balaban J connectivity index is 2.44. The molecule has 0 aromatic heterocycles. The molecule has 1 N–H and O–H groups in total. The number of unbranched alkanes of at least 4 members (excludes halogenated alkanes) is 5. The summed E-state index contributed by atoms with van der Waals surface area (Å²) < 4.78 is 12.2. The topological polar surface area (TPSA) is 30.5 Å². The summed E-state index contributed by atoms with van der Waals surface area (Å²) in [5.41, 5.74) is 1.13. The van der Waals surface area contributed by atoms with Gasteiger partial charge in [-0.05, 0) is 32.0 Å². The van der Waals surface area contributed by atoms with Gasteiger partial charge in [0, 0.05) is 16.6 Å². The third-order valence-corrected chi connectivity index (χ3v) is 4.43. The van der Waals surface area contributed by atoms with E-state index in [4.69, 9.17) is 9.47 Å². The first-order chi connectivity index (χ1) is 10.7. The van der Waals surface area contributed by atoms with Crippen molar-refractivity contribution in [2.75, 3.05) is 20.3 Å². The molecule has 0 bridgehead atoms. The molecule has 0 spiro atoms. The molecule has 0 fully saturated rings. The molecule has 3 nitrogen and oxygen atoms in total. The van der Waals surface area contributed by atoms with Crippen LogP contribution in [-0.2, 0) is 6.54 Å². The number of hydrogen-bond acceptors (Lipinski definition) is 3. The second-order valence-electron chi connectivity index (χ2n) is 5.43. The van der Waals surface area contributed by atoms with Gasteiger partial charge in [0.2, 0.25) is 0 Å². The van der Waals surface area contributed by atoms with Crippen LogP contribution < -0.4 is 14.8 Å². The minimum Gasteiger partial charge on any atom is -0.493 e. The Kier molecular flexibility index (Phi) is 10.3. The van der Waals surface area contributed by atoms with Crippen LogP contribution in [0.15, 0.2) is 16.6 Å². The zero-order valence-electron chi connectivity index (χ0n) is 14.2. The van der Waals surface area contributed by atoms with E-state index < -0.39 is 0 Å². The van der Waals surface area contributed by atoms with Gasteiger partial charge in [0.15, 0.2) is 11.5 Å². The van der Waals surface area contributed by atoms with E-state index >= 15 is 0 Å². The molecule has 1 rings (SSSR count). The van der Waals surface area contributed by atoms with E-state index in [1.54, 1.807) is 7.11 Å². The van der Waals surface area contributed by atoms with Crippen molar-refractivity contribution in [3.05, 3.63) is 22.2 Å². The molecule has 0 aliphatic heterocycles. The SMILES string of the molecule is CCCCCCCCNCc1c(Br)ccc(OC)c1OCC. The monoisotopic (exact) mass is 371 g/mol. The van der Waals surface area contributed by atoms with Gasteiger partial charge >= 0.3 is 0 Å². The molecule has 22 heavy (non-hydrogen) atoms. The standard InChI is InChI=1S/C18H30BrNO2/c1-4-6-7-8-9-10-13-20-14-15-16(19)11-12-17(21-3)18(15)22-5-2/h11-12,20H,4-10,13-14H2,1-3H3. The molecule has 0 aliphatic rings. The Labute approximate surface area is 143 Å². The van der Waals surface area contributed by atoms with Crippen molar-refractivity contribution in [1.82, 2.24) is 5.32 Å². The lowest BCUT2D eigenvalue weighted by Crippen LogP contribution is -2.16. The van der Waals surface area contributed by atoms with Crippen LogP contribution in [0.3, 0.4) is 0 Å². The van der Waals surface area contributed by atoms with Crippen molar-refractivity contribution < 1.29 is 9.47 Å². The normalized spacial score (nSPS) is 10.7. The molecule has 0 atom stereocenters. The first kappa shape index (κ1) is 19.3. The minimum absolute atomic E-state index is 0.636. The fourth-order valence-corrected chi connectivity index (χ4v) is 2.91. The van der Waals surface area contributed by atoms with Gasteiger partial charge in [0.05, 0.1) is 13.7 Å². The highest BCUT2D eigenvalue weighted by Gasteiger charge is 2.13. The maximum atomic E-state index is 5.77. The lowest BCUT2D eigenvalue weighted by Gasteiger charge is -2.16. The average molecular weight is 372 g/mol. The summed E-state index contributed by atoms with van der Waals surface area (Å²) in [6.45, 7) is 6.72. The van der Waals surface area contributed by atoms with E-state index in [2.05, 4.69) is 28.2 Å². The molecule has 1 aromatic rings. The minimum atomic E-state index is 0.636. The molecular formula is C18H30BrNO2. The summed E-state index contributed by atoms with van der Waals surface area (Å²) in [4.78, 5) is 0. The van der Waals surface area contributed by atoms with Gasteiger partial charge in [-0.2, -0.15) is 0 Å². The Morgan fingerprint density at radius 1 is 1.05 bits per heavy atom. The summed E-state index contributed by atoms with van der Waals surface area (Å²) in [7, 11) is 1.68. The van der Waals surface area contributed by atoms with Gasteiger partial charge in [-0.1, -0.05) is 55.0 Å². The van der Waals surface area contributed by atoms with Crippen LogP contribution >= 0.6 is 15.9 Å². The molecule has 4 heteroatoms. The van der Waals surface area contributed by atoms with Crippen molar-refractivity contribution in [3.63, 3.8) is 0 Å². The summed E-state index contributed by atoms with van der Waals surface area (Å²) >= 11 is 3.62. The Morgan fingerprint density at radius 2 is 1.77 bits per heavy atom. The Morgan fingerprint density at radius 3 is 2.45 bits per heavy atom. The van der Waals surface area contributed by atoms with E-state index in [1.807, 2.05) is 19.1 Å². The highest BCUT2D eigenvalue weighted by molar-refractivity contribution is 9.10. The molecule has 0 heterocycles. The van der Waals surface area contributed by atoms with Crippen molar-refractivity contribution in [2.24, 2.45) is 0 Å². The number of benzene rings is 1. The van der Waals surface area contributed by atoms with E-state index in [0.717, 1.165) is 34.6 Å². The van der Waals surface area contributed by atoms with Crippen LogP contribution in [0.1, 0.15) is 57.9 Å². The summed E-state index contributed by atoms with van der Waals surface area (Å²) in [6.07, 6.45) is 7.93. The number of nitrogens with one attached hydrogen (secondary N) is 1. The highest BCUT2D eigenvalue weighted by atomic mass is 79.9. The van der Waals surface area contributed by atoms with Crippen LogP contribution in [0, 0.1) is 0 Å². The molecule has 0 unspecified atom stereocenters. The first-order valence-electron chi connectivity index (χ1n) is 8.43. The number of methoxy groups -OCH3 is 1. The van der Waals surface area contributed by atoms with Gasteiger partial charge < -0.3 is 14.8 Å². The van der Waals surface area contributed by atoms with Crippen molar-refractivity contribution >= 4 is 15.9 Å². The van der Waals surface area contributed by atoms with Gasteiger partial charge in [0.25, 0.3) is 0 Å². The van der Waals surface area contributed by atoms with Crippen molar-refractivity contribution in [1.29, 1.82) is 0 Å². The average Bonchev–Trinajstić information content (AvgIpc) is 2.52. The van der Waals surface area contributed by atoms with E-state index in [-0.39, 0.29) is 0 Å². The molecule has 1 aromatic carbocycles. The van der Waals surface area contributed by atoms with Crippen LogP contribution in [0.2, 0.25) is 0 Å². The Bertz CT molecular complexity index is 424. The zero-order chi connectivity index (χ0) is 16.2. The van der Waals surface area contributed by atoms with Crippen LogP contribution in [-0.4, -0.2) is 20.3 Å². The van der Waals surface area contributed by atoms with Crippen LogP contribution in [0.4, 0.5) is 0 Å². The second kappa shape index (κ2) is 11.8. The fourth-order valence-electron chi connectivity index (χ4n) is 2.45. The second-order valence-corrected chi connectivity index (χ2v) is 6.29. The van der Waals surface area contributed by atoms with Crippen LogP contribution in [0.5, 0.6) is 11.5 Å². The predicted molar refractivity (Wildman–Crippen MR) is 96.9 cm³/mol. The van der Waals surface area contributed by atoms with E-state index in [1.165, 1.54) is 38.5 Å². The fraction of sp³-hybridized carbons (Fsp3) is 0.667. The lowest BCUT2D eigenvalue weighted by molar-refractivity contribution is 0.306. The Hall–Kier alpha value is -0.740. The smallest absolute Gasteiger partial charge is 0.166 e. The molecule has 0 amide bonds. The molecule has 126 valence electrons. The third kappa shape index (κ3) is 6.57. The largest absolute Gasteiger partial charge is 0.493 e. The number of rotatable bonds is 12.